The molecule has 1 atom stereocenters. The minimum absolute atomic E-state index is 0.0253. The van der Waals surface area contributed by atoms with Crippen molar-refractivity contribution in [1.82, 2.24) is 5.32 Å². The van der Waals surface area contributed by atoms with E-state index in [1.54, 1.807) is 19.2 Å². The van der Waals surface area contributed by atoms with Gasteiger partial charge in [-0.05, 0) is 48.3 Å². The summed E-state index contributed by atoms with van der Waals surface area (Å²) in [6, 6.07) is 6.95. The summed E-state index contributed by atoms with van der Waals surface area (Å²) < 4.78 is 5.91. The van der Waals surface area contributed by atoms with Gasteiger partial charge in [-0.1, -0.05) is 13.0 Å². The number of nitrogens with one attached hydrogen (secondary N) is 1. The first kappa shape index (κ1) is 17.4. The van der Waals surface area contributed by atoms with E-state index in [2.05, 4.69) is 27.3 Å². The van der Waals surface area contributed by atoms with Crippen molar-refractivity contribution in [2.75, 3.05) is 13.7 Å². The molecule has 0 heterocycles. The lowest BCUT2D eigenvalue weighted by Crippen LogP contribution is -2.41. The van der Waals surface area contributed by atoms with E-state index in [9.17, 15) is 15.4 Å². The molecule has 0 fully saturated rings. The van der Waals surface area contributed by atoms with E-state index in [0.717, 1.165) is 0 Å². The molecule has 0 aliphatic heterocycles. The van der Waals surface area contributed by atoms with Crippen LogP contribution in [0.5, 0.6) is 5.75 Å². The van der Waals surface area contributed by atoms with Crippen molar-refractivity contribution < 1.29 is 9.66 Å². The quantitative estimate of drug-likeness (QED) is 0.438. The topological polar surface area (TPSA) is 88.2 Å². The van der Waals surface area contributed by atoms with Crippen LogP contribution in [0.25, 0.3) is 0 Å². The summed E-state index contributed by atoms with van der Waals surface area (Å²) in [6.45, 7) is 2.35. The second-order valence-corrected chi connectivity index (χ2v) is 5.39. The number of benzene rings is 1. The molecule has 1 rings (SSSR count). The van der Waals surface area contributed by atoms with Crippen molar-refractivity contribution in [3.63, 3.8) is 0 Å². The van der Waals surface area contributed by atoms with Gasteiger partial charge < -0.3 is 10.1 Å². The monoisotopic (exact) mass is 355 g/mol. The van der Waals surface area contributed by atoms with Crippen LogP contribution in [0, 0.1) is 21.4 Å². The van der Waals surface area contributed by atoms with E-state index in [4.69, 9.17) is 4.74 Å². The molecule has 0 aromatic heterocycles. The summed E-state index contributed by atoms with van der Waals surface area (Å²) in [5, 5.41) is 23.1. The Morgan fingerprint density at radius 1 is 1.57 bits per heavy atom. The number of hydrogen-bond donors (Lipinski definition) is 1. The number of hydrogen-bond acceptors (Lipinski definition) is 5. The van der Waals surface area contributed by atoms with Crippen molar-refractivity contribution in [2.24, 2.45) is 0 Å². The Bertz CT molecular complexity index is 539. The molecule has 1 aromatic carbocycles. The lowest BCUT2D eigenvalue weighted by molar-refractivity contribution is -0.385. The van der Waals surface area contributed by atoms with E-state index >= 15 is 0 Å². The highest BCUT2D eigenvalue weighted by molar-refractivity contribution is 9.10. The van der Waals surface area contributed by atoms with Crippen LogP contribution in [0.2, 0.25) is 0 Å². The van der Waals surface area contributed by atoms with Crippen LogP contribution in [0.1, 0.15) is 26.2 Å². The molecule has 0 saturated heterocycles. The second kappa shape index (κ2) is 7.96. The number of halogens is 1. The fraction of sp³-hybridized carbons (Fsp3) is 0.500. The average molecular weight is 356 g/mol. The number of nitrogens with zero attached hydrogens (tertiary/aromatic N) is 2. The van der Waals surface area contributed by atoms with Crippen molar-refractivity contribution in [1.29, 1.82) is 5.26 Å². The number of nitro groups is 1. The molecule has 7 heteroatoms. The SMILES string of the molecule is CCC(C#N)(CCCOc1cccc([N+](=O)[O-])c1Br)NC. The van der Waals surface area contributed by atoms with Crippen LogP contribution in [0.3, 0.4) is 0 Å². The molecule has 0 bridgehead atoms. The summed E-state index contributed by atoms with van der Waals surface area (Å²) in [5.41, 5.74) is -0.564. The van der Waals surface area contributed by atoms with Gasteiger partial charge in [0, 0.05) is 6.07 Å². The van der Waals surface area contributed by atoms with Crippen molar-refractivity contribution in [3.05, 3.63) is 32.8 Å². The summed E-state index contributed by atoms with van der Waals surface area (Å²) >= 11 is 3.18. The Balaban J connectivity index is 2.60. The van der Waals surface area contributed by atoms with E-state index in [1.165, 1.54) is 6.07 Å². The second-order valence-electron chi connectivity index (χ2n) is 4.60. The van der Waals surface area contributed by atoms with E-state index in [1.807, 2.05) is 6.92 Å². The molecule has 0 aliphatic rings. The predicted molar refractivity (Wildman–Crippen MR) is 83.2 cm³/mol. The molecule has 21 heavy (non-hydrogen) atoms. The van der Waals surface area contributed by atoms with Crippen LogP contribution in [0.15, 0.2) is 22.7 Å². The molecule has 0 amide bonds. The van der Waals surface area contributed by atoms with Gasteiger partial charge in [0.2, 0.25) is 0 Å². The minimum atomic E-state index is -0.538. The smallest absolute Gasteiger partial charge is 0.287 e. The molecule has 0 aliphatic carbocycles. The third kappa shape index (κ3) is 4.41. The predicted octanol–water partition coefficient (Wildman–Crippen LogP) is 3.41. The Hall–Kier alpha value is -1.65. The number of nitro benzene ring substituents is 1. The molecular weight excluding hydrogens is 338 g/mol. The van der Waals surface area contributed by atoms with Gasteiger partial charge in [-0.2, -0.15) is 5.26 Å². The molecule has 0 spiro atoms. The number of rotatable bonds is 8. The summed E-state index contributed by atoms with van der Waals surface area (Å²) in [4.78, 5) is 10.4. The van der Waals surface area contributed by atoms with Gasteiger partial charge in [0.25, 0.3) is 5.69 Å². The third-order valence-corrected chi connectivity index (χ3v) is 4.24. The normalized spacial score (nSPS) is 13.2. The maximum Gasteiger partial charge on any atom is 0.287 e. The highest BCUT2D eigenvalue weighted by Crippen LogP contribution is 2.33. The number of ether oxygens (including phenoxy) is 1. The minimum Gasteiger partial charge on any atom is -0.492 e. The Morgan fingerprint density at radius 3 is 2.81 bits per heavy atom. The van der Waals surface area contributed by atoms with E-state index in [0.29, 0.717) is 36.1 Å². The molecule has 0 saturated carbocycles. The zero-order valence-corrected chi connectivity index (χ0v) is 13.6. The zero-order chi connectivity index (χ0) is 15.9. The molecule has 1 aromatic rings. The zero-order valence-electron chi connectivity index (χ0n) is 12.1. The van der Waals surface area contributed by atoms with E-state index in [-0.39, 0.29) is 5.69 Å². The van der Waals surface area contributed by atoms with Gasteiger partial charge in [-0.25, -0.2) is 0 Å². The van der Waals surface area contributed by atoms with Gasteiger partial charge in [0.05, 0.1) is 17.6 Å². The Kier molecular flexibility index (Phi) is 6.59. The molecule has 1 N–H and O–H groups in total. The third-order valence-electron chi connectivity index (χ3n) is 3.44. The van der Waals surface area contributed by atoms with Crippen LogP contribution in [-0.4, -0.2) is 24.1 Å². The fourth-order valence-corrected chi connectivity index (χ4v) is 2.50. The number of nitriles is 1. The largest absolute Gasteiger partial charge is 0.492 e. The summed E-state index contributed by atoms with van der Waals surface area (Å²) in [7, 11) is 1.77. The van der Waals surface area contributed by atoms with Gasteiger partial charge in [0.15, 0.2) is 0 Å². The Morgan fingerprint density at radius 2 is 2.29 bits per heavy atom. The van der Waals surface area contributed by atoms with Crippen LogP contribution in [0.4, 0.5) is 5.69 Å². The maximum atomic E-state index is 10.8. The van der Waals surface area contributed by atoms with Crippen LogP contribution < -0.4 is 10.1 Å². The molecular formula is C14H18BrN3O3. The standard InChI is InChI=1S/C14H18BrN3O3/c1-3-14(10-16,17-2)8-5-9-21-12-7-4-6-11(13(12)15)18(19)20/h4,6-7,17H,3,5,8-9H2,1-2H3. The molecule has 114 valence electrons. The average Bonchev–Trinajstić information content (AvgIpc) is 2.49. The Labute approximate surface area is 132 Å². The molecule has 0 radical (unpaired) electrons. The molecule has 1 unspecified atom stereocenters. The maximum absolute atomic E-state index is 10.8. The van der Waals surface area contributed by atoms with Gasteiger partial charge in [-0.15, -0.1) is 0 Å². The summed E-state index contributed by atoms with van der Waals surface area (Å²) in [6.07, 6.45) is 2.04. The molecule has 6 nitrogen and oxygen atoms in total. The highest BCUT2D eigenvalue weighted by atomic mass is 79.9. The fourth-order valence-electron chi connectivity index (χ4n) is 1.98. The van der Waals surface area contributed by atoms with Gasteiger partial charge >= 0.3 is 0 Å². The lowest BCUT2D eigenvalue weighted by Gasteiger charge is -2.24. The first-order valence-electron chi connectivity index (χ1n) is 6.65. The van der Waals surface area contributed by atoms with Crippen molar-refractivity contribution in [2.45, 2.75) is 31.7 Å². The summed E-state index contributed by atoms with van der Waals surface area (Å²) in [5.74, 6) is 0.438. The van der Waals surface area contributed by atoms with Crippen molar-refractivity contribution in [3.8, 4) is 11.8 Å². The van der Waals surface area contributed by atoms with Crippen LogP contribution >= 0.6 is 15.9 Å². The van der Waals surface area contributed by atoms with Crippen LogP contribution in [-0.2, 0) is 0 Å². The van der Waals surface area contributed by atoms with Gasteiger partial charge in [-0.3, -0.25) is 10.1 Å². The first-order valence-corrected chi connectivity index (χ1v) is 7.45. The van der Waals surface area contributed by atoms with Gasteiger partial charge in [0.1, 0.15) is 15.8 Å². The van der Waals surface area contributed by atoms with E-state index < -0.39 is 10.5 Å². The highest BCUT2D eigenvalue weighted by Gasteiger charge is 2.25. The van der Waals surface area contributed by atoms with Crippen molar-refractivity contribution >= 4 is 21.6 Å². The first-order chi connectivity index (χ1) is 9.99. The lowest BCUT2D eigenvalue weighted by atomic mass is 9.92.